The zero-order valence-electron chi connectivity index (χ0n) is 14.4. The van der Waals surface area contributed by atoms with Crippen LogP contribution in [0.4, 0.5) is 0 Å². The van der Waals surface area contributed by atoms with E-state index in [-0.39, 0.29) is 17.7 Å². The number of nitrogens with one attached hydrogen (secondary N) is 1. The predicted molar refractivity (Wildman–Crippen MR) is 95.9 cm³/mol. The Labute approximate surface area is 148 Å². The van der Waals surface area contributed by atoms with Gasteiger partial charge in [0.1, 0.15) is 0 Å². The molecule has 1 N–H and O–H groups in total. The van der Waals surface area contributed by atoms with Crippen molar-refractivity contribution in [3.63, 3.8) is 0 Å². The molecule has 0 saturated carbocycles. The number of carbonyl (C=O) groups excluding carboxylic acids is 2. The number of aromatic nitrogens is 1. The van der Waals surface area contributed by atoms with Gasteiger partial charge in [-0.15, -0.1) is 0 Å². The minimum atomic E-state index is -0.162. The van der Waals surface area contributed by atoms with Crippen molar-refractivity contribution in [3.8, 4) is 0 Å². The maximum Gasteiger partial charge on any atom is 0.253 e. The fourth-order valence-electron chi connectivity index (χ4n) is 3.16. The van der Waals surface area contributed by atoms with Gasteiger partial charge < -0.3 is 10.2 Å². The van der Waals surface area contributed by atoms with Crippen molar-refractivity contribution in [3.05, 3.63) is 65.5 Å². The molecule has 2 heterocycles. The van der Waals surface area contributed by atoms with Crippen LogP contribution in [0.1, 0.15) is 34.5 Å². The smallest absolute Gasteiger partial charge is 0.253 e. The molecule has 130 valence electrons. The van der Waals surface area contributed by atoms with Gasteiger partial charge in [0.25, 0.3) is 5.91 Å². The van der Waals surface area contributed by atoms with Crippen LogP contribution in [0.5, 0.6) is 0 Å². The minimum absolute atomic E-state index is 0.00123. The Morgan fingerprint density at radius 3 is 2.76 bits per heavy atom. The second kappa shape index (κ2) is 7.92. The molecule has 5 heteroatoms. The van der Waals surface area contributed by atoms with E-state index in [1.807, 2.05) is 49.4 Å². The lowest BCUT2D eigenvalue weighted by Crippen LogP contribution is -2.45. The molecular formula is C20H23N3O2. The van der Waals surface area contributed by atoms with Gasteiger partial charge in [0.15, 0.2) is 0 Å². The van der Waals surface area contributed by atoms with Crippen LogP contribution in [-0.4, -0.2) is 34.8 Å². The van der Waals surface area contributed by atoms with Gasteiger partial charge in [-0.05, 0) is 43.5 Å². The maximum absolute atomic E-state index is 12.6. The third-order valence-corrected chi connectivity index (χ3v) is 4.65. The number of piperidine rings is 1. The summed E-state index contributed by atoms with van der Waals surface area (Å²) in [5.74, 6) is -0.167. The third kappa shape index (κ3) is 4.24. The lowest BCUT2D eigenvalue weighted by Gasteiger charge is -2.32. The Morgan fingerprint density at radius 2 is 2.00 bits per heavy atom. The minimum Gasteiger partial charge on any atom is -0.350 e. The first-order valence-electron chi connectivity index (χ1n) is 8.67. The first kappa shape index (κ1) is 17.1. The van der Waals surface area contributed by atoms with Gasteiger partial charge in [0, 0.05) is 24.8 Å². The highest BCUT2D eigenvalue weighted by atomic mass is 16.2. The fourth-order valence-corrected chi connectivity index (χ4v) is 3.16. The van der Waals surface area contributed by atoms with Crippen LogP contribution in [0.2, 0.25) is 0 Å². The van der Waals surface area contributed by atoms with E-state index in [1.54, 1.807) is 11.1 Å². The van der Waals surface area contributed by atoms with Gasteiger partial charge in [-0.25, -0.2) is 0 Å². The van der Waals surface area contributed by atoms with Gasteiger partial charge in [-0.3, -0.25) is 14.6 Å². The number of pyridine rings is 1. The Balaban J connectivity index is 1.58. The average molecular weight is 337 g/mol. The van der Waals surface area contributed by atoms with Crippen LogP contribution in [0.25, 0.3) is 0 Å². The van der Waals surface area contributed by atoms with E-state index in [9.17, 15) is 9.59 Å². The SMILES string of the molecule is Cc1cccnc1CNC(=O)C1CCCN(C(=O)c2ccccc2)C1. The number of aryl methyl sites for hydroxylation is 1. The summed E-state index contributed by atoms with van der Waals surface area (Å²) >= 11 is 0. The molecule has 0 radical (unpaired) electrons. The van der Waals surface area contributed by atoms with Crippen LogP contribution >= 0.6 is 0 Å². The summed E-state index contributed by atoms with van der Waals surface area (Å²) < 4.78 is 0. The molecule has 1 aliphatic rings. The second-order valence-corrected chi connectivity index (χ2v) is 6.44. The number of nitrogens with zero attached hydrogens (tertiary/aromatic N) is 2. The zero-order chi connectivity index (χ0) is 17.6. The van der Waals surface area contributed by atoms with Crippen LogP contribution in [0.3, 0.4) is 0 Å². The molecule has 2 aromatic rings. The molecule has 1 aliphatic heterocycles. The number of carbonyl (C=O) groups is 2. The summed E-state index contributed by atoms with van der Waals surface area (Å²) in [5.41, 5.74) is 2.61. The van der Waals surface area contributed by atoms with Crippen LogP contribution in [0.15, 0.2) is 48.7 Å². The summed E-state index contributed by atoms with van der Waals surface area (Å²) in [4.78, 5) is 31.2. The molecule has 0 spiro atoms. The third-order valence-electron chi connectivity index (χ3n) is 4.65. The van der Waals surface area contributed by atoms with Crippen molar-refractivity contribution in [2.24, 2.45) is 5.92 Å². The Morgan fingerprint density at radius 1 is 1.20 bits per heavy atom. The highest BCUT2D eigenvalue weighted by Crippen LogP contribution is 2.19. The molecule has 1 fully saturated rings. The van der Waals surface area contributed by atoms with E-state index >= 15 is 0 Å². The lowest BCUT2D eigenvalue weighted by molar-refractivity contribution is -0.126. The first-order chi connectivity index (χ1) is 12.1. The number of rotatable bonds is 4. The van der Waals surface area contributed by atoms with Crippen molar-refractivity contribution in [1.82, 2.24) is 15.2 Å². The summed E-state index contributed by atoms with van der Waals surface area (Å²) in [6.07, 6.45) is 3.39. The summed E-state index contributed by atoms with van der Waals surface area (Å²) in [6.45, 7) is 3.58. The number of hydrogen-bond acceptors (Lipinski definition) is 3. The summed E-state index contributed by atoms with van der Waals surface area (Å²) in [5, 5.41) is 2.97. The molecule has 1 saturated heterocycles. The predicted octanol–water partition coefficient (Wildman–Crippen LogP) is 2.56. The second-order valence-electron chi connectivity index (χ2n) is 6.44. The average Bonchev–Trinajstić information content (AvgIpc) is 2.67. The van der Waals surface area contributed by atoms with E-state index in [1.165, 1.54) is 0 Å². The molecule has 1 atom stereocenters. The lowest BCUT2D eigenvalue weighted by atomic mass is 9.96. The standard InChI is InChI=1S/C20H23N3O2/c1-15-7-5-11-21-18(15)13-22-19(24)17-10-6-12-23(14-17)20(25)16-8-3-2-4-9-16/h2-5,7-9,11,17H,6,10,12-14H2,1H3,(H,22,24). The molecule has 2 amide bonds. The fraction of sp³-hybridized carbons (Fsp3) is 0.350. The molecule has 1 unspecified atom stereocenters. The molecule has 1 aromatic carbocycles. The quantitative estimate of drug-likeness (QED) is 0.933. The molecule has 0 bridgehead atoms. The van der Waals surface area contributed by atoms with E-state index in [0.717, 1.165) is 24.1 Å². The summed E-state index contributed by atoms with van der Waals surface area (Å²) in [6, 6.07) is 13.1. The Kier molecular flexibility index (Phi) is 5.43. The Bertz CT molecular complexity index is 746. The monoisotopic (exact) mass is 337 g/mol. The van der Waals surface area contributed by atoms with Crippen LogP contribution < -0.4 is 5.32 Å². The van der Waals surface area contributed by atoms with E-state index in [4.69, 9.17) is 0 Å². The van der Waals surface area contributed by atoms with Gasteiger partial charge in [-0.2, -0.15) is 0 Å². The highest BCUT2D eigenvalue weighted by Gasteiger charge is 2.28. The summed E-state index contributed by atoms with van der Waals surface area (Å²) in [7, 11) is 0. The number of benzene rings is 1. The van der Waals surface area contributed by atoms with Crippen molar-refractivity contribution in [2.75, 3.05) is 13.1 Å². The van der Waals surface area contributed by atoms with Gasteiger partial charge in [-0.1, -0.05) is 24.3 Å². The van der Waals surface area contributed by atoms with E-state index < -0.39 is 0 Å². The van der Waals surface area contributed by atoms with Crippen molar-refractivity contribution in [2.45, 2.75) is 26.3 Å². The highest BCUT2D eigenvalue weighted by molar-refractivity contribution is 5.94. The topological polar surface area (TPSA) is 62.3 Å². The maximum atomic E-state index is 12.6. The molecule has 25 heavy (non-hydrogen) atoms. The molecule has 1 aromatic heterocycles. The van der Waals surface area contributed by atoms with Crippen molar-refractivity contribution < 1.29 is 9.59 Å². The van der Waals surface area contributed by atoms with Crippen molar-refractivity contribution >= 4 is 11.8 Å². The van der Waals surface area contributed by atoms with Crippen LogP contribution in [0, 0.1) is 12.8 Å². The molecule has 3 rings (SSSR count). The molecular weight excluding hydrogens is 314 g/mol. The first-order valence-corrected chi connectivity index (χ1v) is 8.67. The van der Waals surface area contributed by atoms with Crippen molar-refractivity contribution in [1.29, 1.82) is 0 Å². The van der Waals surface area contributed by atoms with Gasteiger partial charge in [0.2, 0.25) is 5.91 Å². The molecule has 5 nitrogen and oxygen atoms in total. The molecule has 0 aliphatic carbocycles. The largest absolute Gasteiger partial charge is 0.350 e. The zero-order valence-corrected chi connectivity index (χ0v) is 14.4. The van der Waals surface area contributed by atoms with E-state index in [0.29, 0.717) is 25.2 Å². The Hall–Kier alpha value is -2.69. The van der Waals surface area contributed by atoms with E-state index in [2.05, 4.69) is 10.3 Å². The number of hydrogen-bond donors (Lipinski definition) is 1. The number of likely N-dealkylation sites (tertiary alicyclic amines) is 1. The van der Waals surface area contributed by atoms with Crippen LogP contribution in [-0.2, 0) is 11.3 Å². The van der Waals surface area contributed by atoms with Gasteiger partial charge in [0.05, 0.1) is 18.2 Å². The van der Waals surface area contributed by atoms with Gasteiger partial charge >= 0.3 is 0 Å². The normalized spacial score (nSPS) is 17.2. The number of amides is 2.